The van der Waals surface area contributed by atoms with E-state index in [2.05, 4.69) is 30.1 Å². The van der Waals surface area contributed by atoms with Gasteiger partial charge in [0.2, 0.25) is 0 Å². The Bertz CT molecular complexity index is 422. The predicted molar refractivity (Wildman–Crippen MR) is 74.9 cm³/mol. The van der Waals surface area contributed by atoms with Crippen molar-refractivity contribution in [2.75, 3.05) is 11.4 Å². The molecule has 0 saturated heterocycles. The first-order chi connectivity index (χ1) is 8.78. The van der Waals surface area contributed by atoms with E-state index >= 15 is 0 Å². The van der Waals surface area contributed by atoms with Crippen molar-refractivity contribution in [1.82, 2.24) is 10.3 Å². The number of nitrogens with zero attached hydrogens (tertiary/aromatic N) is 2. The summed E-state index contributed by atoms with van der Waals surface area (Å²) in [7, 11) is 0. The molecule has 0 atom stereocenters. The van der Waals surface area contributed by atoms with Crippen LogP contribution < -0.4 is 10.2 Å². The lowest BCUT2D eigenvalue weighted by molar-refractivity contribution is 0.684. The molecule has 1 N–H and O–H groups in total. The second-order valence-corrected chi connectivity index (χ2v) is 5.66. The molecule has 0 aromatic carbocycles. The van der Waals surface area contributed by atoms with Gasteiger partial charge >= 0.3 is 0 Å². The molecule has 1 aromatic rings. The topological polar surface area (TPSA) is 28.2 Å². The zero-order valence-corrected chi connectivity index (χ0v) is 11.4. The van der Waals surface area contributed by atoms with Crippen molar-refractivity contribution in [3.8, 4) is 0 Å². The Morgan fingerprint density at radius 2 is 2.11 bits per heavy atom. The van der Waals surface area contributed by atoms with Gasteiger partial charge in [-0.2, -0.15) is 0 Å². The number of pyridine rings is 1. The van der Waals surface area contributed by atoms with Crippen molar-refractivity contribution in [2.45, 2.75) is 58.2 Å². The van der Waals surface area contributed by atoms with Crippen molar-refractivity contribution < 1.29 is 0 Å². The Morgan fingerprint density at radius 3 is 2.67 bits per heavy atom. The standard InChI is InChI=1S/C15H23N3/c1-3-18(14-6-7-14)15-11(2)8-12(10-17-15)9-16-13-4-5-13/h8,10,13-14,16H,3-7,9H2,1-2H3. The first-order valence-electron chi connectivity index (χ1n) is 7.23. The largest absolute Gasteiger partial charge is 0.354 e. The van der Waals surface area contributed by atoms with E-state index in [1.54, 1.807) is 0 Å². The fourth-order valence-corrected chi connectivity index (χ4v) is 2.54. The van der Waals surface area contributed by atoms with E-state index in [0.29, 0.717) is 0 Å². The van der Waals surface area contributed by atoms with Gasteiger partial charge < -0.3 is 10.2 Å². The summed E-state index contributed by atoms with van der Waals surface area (Å²) in [6, 6.07) is 3.81. The van der Waals surface area contributed by atoms with Crippen LogP contribution in [0.5, 0.6) is 0 Å². The summed E-state index contributed by atoms with van der Waals surface area (Å²) in [6.45, 7) is 6.45. The molecule has 0 bridgehead atoms. The minimum Gasteiger partial charge on any atom is -0.354 e. The first-order valence-corrected chi connectivity index (χ1v) is 7.23. The second kappa shape index (κ2) is 4.88. The van der Waals surface area contributed by atoms with E-state index in [4.69, 9.17) is 4.98 Å². The van der Waals surface area contributed by atoms with Crippen molar-refractivity contribution in [1.29, 1.82) is 0 Å². The number of nitrogens with one attached hydrogen (secondary N) is 1. The maximum atomic E-state index is 4.69. The summed E-state index contributed by atoms with van der Waals surface area (Å²) in [4.78, 5) is 7.15. The van der Waals surface area contributed by atoms with Gasteiger partial charge in [0.25, 0.3) is 0 Å². The molecule has 2 saturated carbocycles. The van der Waals surface area contributed by atoms with E-state index in [0.717, 1.165) is 25.2 Å². The van der Waals surface area contributed by atoms with Crippen LogP contribution in [0.4, 0.5) is 5.82 Å². The van der Waals surface area contributed by atoms with Crippen LogP contribution in [-0.2, 0) is 6.54 Å². The lowest BCUT2D eigenvalue weighted by Crippen LogP contribution is -2.27. The lowest BCUT2D eigenvalue weighted by Gasteiger charge is -2.23. The molecule has 2 fully saturated rings. The molecule has 3 rings (SSSR count). The molecular formula is C15H23N3. The van der Waals surface area contributed by atoms with E-state index in [-0.39, 0.29) is 0 Å². The smallest absolute Gasteiger partial charge is 0.131 e. The van der Waals surface area contributed by atoms with Gasteiger partial charge in [-0.25, -0.2) is 4.98 Å². The van der Waals surface area contributed by atoms with Crippen molar-refractivity contribution in [2.24, 2.45) is 0 Å². The molecule has 0 spiro atoms. The summed E-state index contributed by atoms with van der Waals surface area (Å²) in [5, 5.41) is 3.54. The third-order valence-corrected chi connectivity index (χ3v) is 3.88. The average molecular weight is 245 g/mol. The van der Waals surface area contributed by atoms with Gasteiger partial charge in [-0.1, -0.05) is 0 Å². The number of aromatic nitrogens is 1. The molecule has 98 valence electrons. The average Bonchev–Trinajstić information content (AvgIpc) is 3.24. The molecule has 0 amide bonds. The third-order valence-electron chi connectivity index (χ3n) is 3.88. The minimum atomic E-state index is 0.747. The van der Waals surface area contributed by atoms with Crippen molar-refractivity contribution >= 4 is 5.82 Å². The van der Waals surface area contributed by atoms with Crippen molar-refractivity contribution in [3.05, 3.63) is 23.4 Å². The normalized spacial score (nSPS) is 19.0. The van der Waals surface area contributed by atoms with Gasteiger partial charge in [-0.3, -0.25) is 0 Å². The van der Waals surface area contributed by atoms with Gasteiger partial charge in [-0.15, -0.1) is 0 Å². The summed E-state index contributed by atoms with van der Waals surface area (Å²) >= 11 is 0. The number of hydrogen-bond donors (Lipinski definition) is 1. The molecule has 3 heteroatoms. The molecule has 1 aromatic heterocycles. The second-order valence-electron chi connectivity index (χ2n) is 5.66. The summed E-state index contributed by atoms with van der Waals surface area (Å²) in [6.07, 6.45) is 7.40. The van der Waals surface area contributed by atoms with Crippen LogP contribution in [0.1, 0.15) is 43.7 Å². The quantitative estimate of drug-likeness (QED) is 0.835. The van der Waals surface area contributed by atoms with Crippen LogP contribution in [0.25, 0.3) is 0 Å². The van der Waals surface area contributed by atoms with Gasteiger partial charge in [-0.05, 0) is 56.7 Å². The van der Waals surface area contributed by atoms with Crippen molar-refractivity contribution in [3.63, 3.8) is 0 Å². The SMILES string of the molecule is CCN(c1ncc(CNC2CC2)cc1C)C1CC1. The van der Waals surface area contributed by atoms with Crippen LogP contribution >= 0.6 is 0 Å². The molecule has 0 unspecified atom stereocenters. The fourth-order valence-electron chi connectivity index (χ4n) is 2.54. The number of hydrogen-bond acceptors (Lipinski definition) is 3. The highest BCUT2D eigenvalue weighted by molar-refractivity contribution is 5.49. The molecule has 1 heterocycles. The molecule has 0 radical (unpaired) electrons. The maximum absolute atomic E-state index is 4.69. The monoisotopic (exact) mass is 245 g/mol. The van der Waals surface area contributed by atoms with E-state index in [1.165, 1.54) is 42.6 Å². The highest BCUT2D eigenvalue weighted by Gasteiger charge is 2.29. The highest BCUT2D eigenvalue weighted by atomic mass is 15.2. The zero-order valence-electron chi connectivity index (χ0n) is 11.4. The molecule has 3 nitrogen and oxygen atoms in total. The van der Waals surface area contributed by atoms with E-state index < -0.39 is 0 Å². The molecule has 0 aliphatic heterocycles. The molecular weight excluding hydrogens is 222 g/mol. The van der Waals surface area contributed by atoms with Gasteiger partial charge in [0.05, 0.1) is 0 Å². The lowest BCUT2D eigenvalue weighted by atomic mass is 10.2. The fraction of sp³-hybridized carbons (Fsp3) is 0.667. The summed E-state index contributed by atoms with van der Waals surface area (Å²) in [5.41, 5.74) is 2.63. The highest BCUT2D eigenvalue weighted by Crippen LogP contribution is 2.32. The first kappa shape index (κ1) is 12.0. The molecule has 18 heavy (non-hydrogen) atoms. The van der Waals surface area contributed by atoms with Crippen LogP contribution in [0.15, 0.2) is 12.3 Å². The van der Waals surface area contributed by atoms with Crippen LogP contribution in [0.3, 0.4) is 0 Å². The Hall–Kier alpha value is -1.09. The summed E-state index contributed by atoms with van der Waals surface area (Å²) in [5.74, 6) is 1.19. The van der Waals surface area contributed by atoms with Crippen LogP contribution in [0, 0.1) is 6.92 Å². The van der Waals surface area contributed by atoms with Gasteiger partial charge in [0.15, 0.2) is 0 Å². The number of aryl methyl sites for hydroxylation is 1. The van der Waals surface area contributed by atoms with Gasteiger partial charge in [0, 0.05) is 31.4 Å². The Labute approximate surface area is 110 Å². The third kappa shape index (κ3) is 2.66. The Kier molecular flexibility index (Phi) is 3.25. The van der Waals surface area contributed by atoms with Crippen LogP contribution in [0.2, 0.25) is 0 Å². The minimum absolute atomic E-state index is 0.747. The Balaban J connectivity index is 1.70. The molecule has 2 aliphatic rings. The van der Waals surface area contributed by atoms with Gasteiger partial charge in [0.1, 0.15) is 5.82 Å². The molecule has 2 aliphatic carbocycles. The maximum Gasteiger partial charge on any atom is 0.131 e. The Morgan fingerprint density at radius 1 is 1.33 bits per heavy atom. The number of rotatable bonds is 6. The number of anilines is 1. The van der Waals surface area contributed by atoms with Crippen LogP contribution in [-0.4, -0.2) is 23.6 Å². The van der Waals surface area contributed by atoms with E-state index in [9.17, 15) is 0 Å². The summed E-state index contributed by atoms with van der Waals surface area (Å²) < 4.78 is 0. The zero-order chi connectivity index (χ0) is 12.5. The predicted octanol–water partition coefficient (Wildman–Crippen LogP) is 2.63. The van der Waals surface area contributed by atoms with E-state index in [1.807, 2.05) is 6.20 Å².